The standard InChI is InChI=1S/C24H31FN2O3S/c1-3-6-19(28)15-26(11-4-2)16-24(29)27-12-9-23-21(10-13-31-23)22(27)17-30-20-8-5-7-18(25)14-20/h4-5,7-8,10,13-14,19,22,28H,2-3,6,9,11-12,15-17H2,1H3/t19-,22+/m0/s1. The summed E-state index contributed by atoms with van der Waals surface area (Å²) in [5.41, 5.74) is 1.10. The number of benzene rings is 1. The monoisotopic (exact) mass is 446 g/mol. The number of ether oxygens (including phenoxy) is 1. The number of hydrogen-bond donors (Lipinski definition) is 1. The van der Waals surface area contributed by atoms with E-state index in [4.69, 9.17) is 4.74 Å². The van der Waals surface area contributed by atoms with Gasteiger partial charge in [0.25, 0.3) is 0 Å². The third-order valence-corrected chi connectivity index (χ3v) is 6.45. The first-order valence-electron chi connectivity index (χ1n) is 10.8. The summed E-state index contributed by atoms with van der Waals surface area (Å²) in [5, 5.41) is 12.2. The van der Waals surface area contributed by atoms with Gasteiger partial charge in [-0.05, 0) is 42.0 Å². The van der Waals surface area contributed by atoms with Gasteiger partial charge in [-0.3, -0.25) is 9.69 Å². The molecule has 0 bridgehead atoms. The van der Waals surface area contributed by atoms with E-state index in [1.165, 1.54) is 17.0 Å². The van der Waals surface area contributed by atoms with Gasteiger partial charge in [0.05, 0.1) is 18.7 Å². The summed E-state index contributed by atoms with van der Waals surface area (Å²) in [6.07, 6.45) is 3.70. The number of aliphatic hydroxyl groups is 1. The molecule has 5 nitrogen and oxygen atoms in total. The highest BCUT2D eigenvalue weighted by Gasteiger charge is 2.33. The van der Waals surface area contributed by atoms with Gasteiger partial charge in [-0.1, -0.05) is 25.5 Å². The molecule has 0 spiro atoms. The molecule has 0 unspecified atom stereocenters. The Hall–Kier alpha value is -2.22. The van der Waals surface area contributed by atoms with Crippen LogP contribution in [0.4, 0.5) is 4.39 Å². The van der Waals surface area contributed by atoms with Gasteiger partial charge in [-0.2, -0.15) is 0 Å². The average molecular weight is 447 g/mol. The van der Waals surface area contributed by atoms with Crippen molar-refractivity contribution < 1.29 is 19.0 Å². The van der Waals surface area contributed by atoms with Gasteiger partial charge in [0.15, 0.2) is 0 Å². The predicted octanol–water partition coefficient (Wildman–Crippen LogP) is 4.04. The van der Waals surface area contributed by atoms with Crippen molar-refractivity contribution in [1.29, 1.82) is 0 Å². The largest absolute Gasteiger partial charge is 0.491 e. The van der Waals surface area contributed by atoms with Crippen molar-refractivity contribution in [2.45, 2.75) is 38.3 Å². The van der Waals surface area contributed by atoms with Crippen LogP contribution in [0.5, 0.6) is 5.75 Å². The third kappa shape index (κ3) is 6.38. The number of carbonyl (C=O) groups is 1. The molecule has 0 aliphatic carbocycles. The molecule has 3 rings (SSSR count). The second kappa shape index (κ2) is 11.4. The molecule has 0 saturated heterocycles. The maximum atomic E-state index is 13.5. The lowest BCUT2D eigenvalue weighted by Crippen LogP contribution is -2.47. The third-order valence-electron chi connectivity index (χ3n) is 5.46. The zero-order valence-corrected chi connectivity index (χ0v) is 18.8. The number of rotatable bonds is 11. The summed E-state index contributed by atoms with van der Waals surface area (Å²) in [5.74, 6) is 0.0944. The molecule has 31 heavy (non-hydrogen) atoms. The normalized spacial score (nSPS) is 16.8. The first-order chi connectivity index (χ1) is 15.0. The summed E-state index contributed by atoms with van der Waals surface area (Å²) in [4.78, 5) is 18.3. The molecule has 0 radical (unpaired) electrons. The second-order valence-corrected chi connectivity index (χ2v) is 8.85. The lowest BCUT2D eigenvalue weighted by atomic mass is 10.0. The van der Waals surface area contributed by atoms with Gasteiger partial charge in [0.1, 0.15) is 18.2 Å². The Morgan fingerprint density at radius 3 is 3.06 bits per heavy atom. The van der Waals surface area contributed by atoms with E-state index in [9.17, 15) is 14.3 Å². The van der Waals surface area contributed by atoms with Crippen molar-refractivity contribution in [2.75, 3.05) is 32.8 Å². The summed E-state index contributed by atoms with van der Waals surface area (Å²) in [6.45, 7) is 7.88. The Balaban J connectivity index is 1.72. The minimum absolute atomic E-state index is 0.00441. The molecule has 2 atom stereocenters. The second-order valence-electron chi connectivity index (χ2n) is 7.85. The Morgan fingerprint density at radius 2 is 2.32 bits per heavy atom. The maximum Gasteiger partial charge on any atom is 0.237 e. The molecular weight excluding hydrogens is 415 g/mol. The van der Waals surface area contributed by atoms with E-state index in [-0.39, 0.29) is 30.9 Å². The summed E-state index contributed by atoms with van der Waals surface area (Å²) < 4.78 is 19.4. The number of amides is 1. The number of hydrogen-bond acceptors (Lipinski definition) is 5. The van der Waals surface area contributed by atoms with Crippen LogP contribution < -0.4 is 4.74 Å². The van der Waals surface area contributed by atoms with Crippen LogP contribution in [0.3, 0.4) is 0 Å². The fraction of sp³-hybridized carbons (Fsp3) is 0.458. The molecule has 2 aromatic rings. The number of fused-ring (bicyclic) bond motifs is 1. The smallest absolute Gasteiger partial charge is 0.237 e. The molecule has 1 amide bonds. The molecule has 168 valence electrons. The molecule has 1 aromatic carbocycles. The van der Waals surface area contributed by atoms with Crippen LogP contribution in [-0.4, -0.2) is 59.7 Å². The first kappa shape index (κ1) is 23.4. The number of halogens is 1. The first-order valence-corrected chi connectivity index (χ1v) is 11.6. The van der Waals surface area contributed by atoms with E-state index in [2.05, 4.69) is 6.58 Å². The van der Waals surface area contributed by atoms with Crippen LogP contribution in [0.15, 0.2) is 48.4 Å². The highest BCUT2D eigenvalue weighted by Crippen LogP contribution is 2.34. The van der Waals surface area contributed by atoms with Crippen molar-refractivity contribution in [3.05, 3.63) is 64.6 Å². The molecule has 1 aliphatic rings. The molecule has 0 saturated carbocycles. The molecule has 1 aliphatic heterocycles. The van der Waals surface area contributed by atoms with E-state index in [0.717, 1.165) is 18.4 Å². The van der Waals surface area contributed by atoms with Crippen LogP contribution in [0, 0.1) is 5.82 Å². The van der Waals surface area contributed by atoms with Crippen LogP contribution in [-0.2, 0) is 11.2 Å². The predicted molar refractivity (Wildman–Crippen MR) is 122 cm³/mol. The van der Waals surface area contributed by atoms with E-state index < -0.39 is 6.10 Å². The molecular formula is C24H31FN2O3S. The van der Waals surface area contributed by atoms with Gasteiger partial charge >= 0.3 is 0 Å². The van der Waals surface area contributed by atoms with E-state index >= 15 is 0 Å². The summed E-state index contributed by atoms with van der Waals surface area (Å²) in [6, 6.07) is 7.88. The van der Waals surface area contributed by atoms with Crippen LogP contribution in [0.2, 0.25) is 0 Å². The van der Waals surface area contributed by atoms with Crippen LogP contribution in [0.1, 0.15) is 36.2 Å². The van der Waals surface area contributed by atoms with E-state index in [1.54, 1.807) is 29.5 Å². The van der Waals surface area contributed by atoms with E-state index in [1.807, 2.05) is 28.2 Å². The molecule has 1 N–H and O–H groups in total. The quantitative estimate of drug-likeness (QED) is 0.530. The molecule has 7 heteroatoms. The van der Waals surface area contributed by atoms with Crippen molar-refractivity contribution in [1.82, 2.24) is 9.80 Å². The summed E-state index contributed by atoms with van der Waals surface area (Å²) in [7, 11) is 0. The topological polar surface area (TPSA) is 53.0 Å². The Labute approximate surface area is 187 Å². The minimum atomic E-state index is -0.463. The van der Waals surface area contributed by atoms with E-state index in [0.29, 0.717) is 31.8 Å². The maximum absolute atomic E-state index is 13.5. The Morgan fingerprint density at radius 1 is 1.48 bits per heavy atom. The number of thiophene rings is 1. The van der Waals surface area contributed by atoms with Crippen LogP contribution in [0.25, 0.3) is 0 Å². The lowest BCUT2D eigenvalue weighted by molar-refractivity contribution is -0.136. The van der Waals surface area contributed by atoms with Crippen molar-refractivity contribution in [2.24, 2.45) is 0 Å². The number of nitrogens with zero attached hydrogens (tertiary/aromatic N) is 2. The number of aliphatic hydroxyl groups excluding tert-OH is 1. The average Bonchev–Trinajstić information content (AvgIpc) is 3.21. The fourth-order valence-corrected chi connectivity index (χ4v) is 4.93. The zero-order valence-electron chi connectivity index (χ0n) is 18.0. The van der Waals surface area contributed by atoms with Gasteiger partial charge in [-0.15, -0.1) is 17.9 Å². The minimum Gasteiger partial charge on any atom is -0.491 e. The van der Waals surface area contributed by atoms with Gasteiger partial charge in [0, 0.05) is 30.6 Å². The van der Waals surface area contributed by atoms with Crippen molar-refractivity contribution in [3.8, 4) is 5.75 Å². The van der Waals surface area contributed by atoms with Gasteiger partial charge in [0.2, 0.25) is 5.91 Å². The Kier molecular flexibility index (Phi) is 8.63. The highest BCUT2D eigenvalue weighted by molar-refractivity contribution is 7.10. The van der Waals surface area contributed by atoms with Gasteiger partial charge < -0.3 is 14.7 Å². The Bertz CT molecular complexity index is 872. The zero-order chi connectivity index (χ0) is 22.2. The van der Waals surface area contributed by atoms with Gasteiger partial charge in [-0.25, -0.2) is 4.39 Å². The molecule has 1 aromatic heterocycles. The molecule has 2 heterocycles. The lowest BCUT2D eigenvalue weighted by Gasteiger charge is -2.37. The number of carbonyl (C=O) groups excluding carboxylic acids is 1. The highest BCUT2D eigenvalue weighted by atomic mass is 32.1. The summed E-state index contributed by atoms with van der Waals surface area (Å²) >= 11 is 1.69. The fourth-order valence-electron chi connectivity index (χ4n) is 4.00. The SMILES string of the molecule is C=CCN(CC(=O)N1CCc2sccc2[C@H]1COc1cccc(F)c1)C[C@@H](O)CCC. The molecule has 0 fully saturated rings. The van der Waals surface area contributed by atoms with Crippen molar-refractivity contribution in [3.63, 3.8) is 0 Å². The van der Waals surface area contributed by atoms with Crippen molar-refractivity contribution >= 4 is 17.2 Å². The van der Waals surface area contributed by atoms with Crippen LogP contribution >= 0.6 is 11.3 Å².